The number of rotatable bonds is 5. The third-order valence-corrected chi connectivity index (χ3v) is 3.80. The highest BCUT2D eigenvalue weighted by Crippen LogP contribution is 2.20. The van der Waals surface area contributed by atoms with Gasteiger partial charge in [-0.25, -0.2) is 0 Å². The number of benzene rings is 1. The Hall–Kier alpha value is -0.380. The molecule has 1 aromatic rings. The number of nitrogens with two attached hydrogens (primary N) is 1. The molecule has 4 heteroatoms. The van der Waals surface area contributed by atoms with E-state index in [1.54, 1.807) is 0 Å². The van der Waals surface area contributed by atoms with E-state index in [9.17, 15) is 0 Å². The number of nitrogen functional groups attached to an aromatic ring is 1. The van der Waals surface area contributed by atoms with Crippen LogP contribution in [0.3, 0.4) is 0 Å². The van der Waals surface area contributed by atoms with Crippen molar-refractivity contribution in [2.24, 2.45) is 0 Å². The third kappa shape index (κ3) is 3.89. The molecule has 1 rings (SSSR count). The first-order valence-electron chi connectivity index (χ1n) is 5.27. The number of nitrogens with zero attached hydrogens (tertiary/aromatic N) is 1. The molecule has 0 heterocycles. The number of halogens is 1. The molecule has 0 spiro atoms. The zero-order valence-corrected chi connectivity index (χ0v) is 11.6. The van der Waals surface area contributed by atoms with Crippen LogP contribution in [-0.4, -0.2) is 30.0 Å². The minimum Gasteiger partial charge on any atom is -0.398 e. The third-order valence-electron chi connectivity index (χ3n) is 2.66. The van der Waals surface area contributed by atoms with Gasteiger partial charge >= 0.3 is 0 Å². The predicted octanol–water partition coefficient (Wildman–Crippen LogP) is 3.11. The maximum atomic E-state index is 5.99. The first kappa shape index (κ1) is 13.7. The largest absolute Gasteiger partial charge is 0.398 e. The van der Waals surface area contributed by atoms with E-state index in [4.69, 9.17) is 17.3 Å². The van der Waals surface area contributed by atoms with Crippen LogP contribution in [-0.2, 0) is 6.54 Å². The highest BCUT2D eigenvalue weighted by molar-refractivity contribution is 7.98. The second-order valence-corrected chi connectivity index (χ2v) is 5.39. The number of thioether (sulfide) groups is 1. The van der Waals surface area contributed by atoms with Gasteiger partial charge in [0.15, 0.2) is 0 Å². The molecule has 0 saturated heterocycles. The van der Waals surface area contributed by atoms with E-state index < -0.39 is 0 Å². The van der Waals surface area contributed by atoms with Crippen LogP contribution < -0.4 is 5.73 Å². The number of anilines is 1. The fourth-order valence-corrected chi connectivity index (χ4v) is 2.42. The van der Waals surface area contributed by atoms with Crippen LogP contribution in [0.1, 0.15) is 12.5 Å². The summed E-state index contributed by atoms with van der Waals surface area (Å²) in [6.07, 6.45) is 2.13. The summed E-state index contributed by atoms with van der Waals surface area (Å²) in [7, 11) is 2.13. The van der Waals surface area contributed by atoms with Crippen molar-refractivity contribution in [3.05, 3.63) is 28.8 Å². The lowest BCUT2D eigenvalue weighted by atomic mass is 10.2. The fourth-order valence-electron chi connectivity index (χ4n) is 1.48. The maximum absolute atomic E-state index is 5.99. The molecule has 0 radical (unpaired) electrons. The second-order valence-electron chi connectivity index (χ2n) is 4.08. The lowest BCUT2D eigenvalue weighted by molar-refractivity contribution is 0.270. The van der Waals surface area contributed by atoms with Crippen molar-refractivity contribution < 1.29 is 0 Å². The van der Waals surface area contributed by atoms with Crippen LogP contribution in [0, 0.1) is 0 Å². The predicted molar refractivity (Wildman–Crippen MR) is 75.2 cm³/mol. The number of hydrogen-bond donors (Lipinski definition) is 1. The molecular formula is C12H19ClN2S. The van der Waals surface area contributed by atoms with Gasteiger partial charge in [0.25, 0.3) is 0 Å². The Kier molecular flexibility index (Phi) is 5.46. The van der Waals surface area contributed by atoms with E-state index in [1.807, 2.05) is 30.0 Å². The summed E-state index contributed by atoms with van der Waals surface area (Å²) in [5.74, 6) is 1.14. The molecule has 1 atom stereocenters. The molecule has 0 aliphatic heterocycles. The van der Waals surface area contributed by atoms with Gasteiger partial charge in [0, 0.05) is 18.3 Å². The van der Waals surface area contributed by atoms with Gasteiger partial charge in [-0.2, -0.15) is 11.8 Å². The van der Waals surface area contributed by atoms with Gasteiger partial charge < -0.3 is 5.73 Å². The minimum atomic E-state index is 0.561. The van der Waals surface area contributed by atoms with Gasteiger partial charge in [-0.3, -0.25) is 4.90 Å². The maximum Gasteiger partial charge on any atom is 0.0638 e. The highest BCUT2D eigenvalue weighted by Gasteiger charge is 2.09. The Morgan fingerprint density at radius 1 is 1.50 bits per heavy atom. The Balaban J connectivity index is 2.62. The summed E-state index contributed by atoms with van der Waals surface area (Å²) >= 11 is 7.86. The lowest BCUT2D eigenvalue weighted by Crippen LogP contribution is -2.30. The molecule has 90 valence electrons. The average Bonchev–Trinajstić information content (AvgIpc) is 2.24. The molecule has 0 aromatic heterocycles. The molecule has 2 nitrogen and oxygen atoms in total. The van der Waals surface area contributed by atoms with Crippen molar-refractivity contribution in [3.63, 3.8) is 0 Å². The SMILES string of the molecule is CSCC(C)N(C)Cc1ccc(N)c(Cl)c1. The first-order chi connectivity index (χ1) is 7.54. The van der Waals surface area contributed by atoms with Crippen LogP contribution >= 0.6 is 23.4 Å². The molecule has 0 aliphatic carbocycles. The molecule has 0 amide bonds. The molecule has 1 aromatic carbocycles. The Morgan fingerprint density at radius 3 is 2.75 bits per heavy atom. The zero-order valence-electron chi connectivity index (χ0n) is 10.0. The zero-order chi connectivity index (χ0) is 12.1. The normalized spacial score (nSPS) is 13.1. The van der Waals surface area contributed by atoms with Crippen molar-refractivity contribution in [1.29, 1.82) is 0 Å². The first-order valence-corrected chi connectivity index (χ1v) is 7.05. The van der Waals surface area contributed by atoms with Crippen LogP contribution in [0.4, 0.5) is 5.69 Å². The van der Waals surface area contributed by atoms with Gasteiger partial charge in [0.1, 0.15) is 0 Å². The summed E-state index contributed by atoms with van der Waals surface area (Å²) in [6, 6.07) is 6.40. The van der Waals surface area contributed by atoms with Gasteiger partial charge in [0.05, 0.1) is 10.7 Å². The van der Waals surface area contributed by atoms with Gasteiger partial charge in [-0.05, 0) is 37.9 Å². The fraction of sp³-hybridized carbons (Fsp3) is 0.500. The quantitative estimate of drug-likeness (QED) is 0.823. The van der Waals surface area contributed by atoms with Crippen LogP contribution in [0.15, 0.2) is 18.2 Å². The van der Waals surface area contributed by atoms with Crippen molar-refractivity contribution in [3.8, 4) is 0 Å². The van der Waals surface area contributed by atoms with E-state index in [0.717, 1.165) is 12.3 Å². The van der Waals surface area contributed by atoms with E-state index in [-0.39, 0.29) is 0 Å². The van der Waals surface area contributed by atoms with E-state index in [2.05, 4.69) is 25.1 Å². The van der Waals surface area contributed by atoms with Gasteiger partial charge in [-0.1, -0.05) is 17.7 Å². The molecule has 16 heavy (non-hydrogen) atoms. The number of hydrogen-bond acceptors (Lipinski definition) is 3. The monoisotopic (exact) mass is 258 g/mol. The molecule has 0 saturated carbocycles. The van der Waals surface area contributed by atoms with Crippen LogP contribution in [0.2, 0.25) is 5.02 Å². The van der Waals surface area contributed by atoms with Crippen molar-refractivity contribution in [2.45, 2.75) is 19.5 Å². The summed E-state index contributed by atoms with van der Waals surface area (Å²) < 4.78 is 0. The average molecular weight is 259 g/mol. The molecule has 2 N–H and O–H groups in total. The summed E-state index contributed by atoms with van der Waals surface area (Å²) in [6.45, 7) is 3.14. The summed E-state index contributed by atoms with van der Waals surface area (Å²) in [5.41, 5.74) is 7.53. The van der Waals surface area contributed by atoms with Crippen molar-refractivity contribution in [2.75, 3.05) is 24.8 Å². The smallest absolute Gasteiger partial charge is 0.0638 e. The Labute approximate surface area is 107 Å². The van der Waals surface area contributed by atoms with E-state index in [1.165, 1.54) is 5.56 Å². The Morgan fingerprint density at radius 2 is 2.19 bits per heavy atom. The highest BCUT2D eigenvalue weighted by atomic mass is 35.5. The Bertz CT molecular complexity index is 344. The van der Waals surface area contributed by atoms with Crippen molar-refractivity contribution in [1.82, 2.24) is 4.90 Å². The second kappa shape index (κ2) is 6.38. The molecular weight excluding hydrogens is 240 g/mol. The van der Waals surface area contributed by atoms with Gasteiger partial charge in [0.2, 0.25) is 0 Å². The van der Waals surface area contributed by atoms with Crippen molar-refractivity contribution >= 4 is 29.1 Å². The van der Waals surface area contributed by atoms with Crippen LogP contribution in [0.5, 0.6) is 0 Å². The van der Waals surface area contributed by atoms with Crippen LogP contribution in [0.25, 0.3) is 0 Å². The van der Waals surface area contributed by atoms with E-state index >= 15 is 0 Å². The summed E-state index contributed by atoms with van der Waals surface area (Å²) in [5, 5.41) is 0.642. The topological polar surface area (TPSA) is 29.3 Å². The standard InChI is InChI=1S/C12H19ClN2S/c1-9(8-16-3)15(2)7-10-4-5-12(14)11(13)6-10/h4-6,9H,7-8,14H2,1-3H3. The van der Waals surface area contributed by atoms with E-state index in [0.29, 0.717) is 16.8 Å². The lowest BCUT2D eigenvalue weighted by Gasteiger charge is -2.24. The molecule has 1 unspecified atom stereocenters. The minimum absolute atomic E-state index is 0.561. The molecule has 0 fully saturated rings. The summed E-state index contributed by atoms with van der Waals surface area (Å²) in [4.78, 5) is 2.32. The molecule has 0 bridgehead atoms. The molecule has 0 aliphatic rings. The van der Waals surface area contributed by atoms with Gasteiger partial charge in [-0.15, -0.1) is 0 Å².